The first-order chi connectivity index (χ1) is 11.9. The highest BCUT2D eigenvalue weighted by Crippen LogP contribution is 2.40. The van der Waals surface area contributed by atoms with Gasteiger partial charge in [0.05, 0.1) is 12.1 Å². The van der Waals surface area contributed by atoms with Crippen LogP contribution in [0.15, 0.2) is 38.9 Å². The van der Waals surface area contributed by atoms with Gasteiger partial charge in [0.2, 0.25) is 0 Å². The van der Waals surface area contributed by atoms with E-state index in [1.54, 1.807) is 6.92 Å². The normalized spacial score (nSPS) is 27.6. The summed E-state index contributed by atoms with van der Waals surface area (Å²) in [7, 11) is 0. The predicted octanol–water partition coefficient (Wildman–Crippen LogP) is 2.93. The van der Waals surface area contributed by atoms with E-state index in [0.29, 0.717) is 18.9 Å². The van der Waals surface area contributed by atoms with Gasteiger partial charge < -0.3 is 10.0 Å². The molecule has 4 rings (SSSR count). The number of carbonyl (C=O) groups is 1. The van der Waals surface area contributed by atoms with Crippen molar-refractivity contribution in [2.45, 2.75) is 38.2 Å². The maximum Gasteiger partial charge on any atom is 0.140 e. The molecule has 1 aliphatic carbocycles. The minimum Gasteiger partial charge on any atom is -0.385 e. The molecule has 2 aliphatic heterocycles. The third-order valence-electron chi connectivity index (χ3n) is 5.46. The third-order valence-corrected chi connectivity index (χ3v) is 5.93. The zero-order chi connectivity index (χ0) is 17.6. The van der Waals surface area contributed by atoms with Crippen molar-refractivity contribution in [3.8, 4) is 0 Å². The molecule has 25 heavy (non-hydrogen) atoms. The molecule has 0 amide bonds. The molecule has 1 fully saturated rings. The molecule has 0 saturated carbocycles. The van der Waals surface area contributed by atoms with Crippen LogP contribution in [0.2, 0.25) is 0 Å². The molecule has 132 valence electrons. The van der Waals surface area contributed by atoms with E-state index in [2.05, 4.69) is 25.8 Å². The lowest BCUT2D eigenvalue weighted by molar-refractivity contribution is -0.122. The number of hydrogen-bond donors (Lipinski definition) is 1. The van der Waals surface area contributed by atoms with Crippen LogP contribution in [0.1, 0.15) is 32.6 Å². The number of rotatable bonds is 2. The zero-order valence-electron chi connectivity index (χ0n) is 14.3. The fourth-order valence-electron chi connectivity index (χ4n) is 4.36. The van der Waals surface area contributed by atoms with Gasteiger partial charge >= 0.3 is 0 Å². The van der Waals surface area contributed by atoms with E-state index in [4.69, 9.17) is 4.99 Å². The van der Waals surface area contributed by atoms with Crippen molar-refractivity contribution in [2.24, 2.45) is 10.9 Å². The van der Waals surface area contributed by atoms with Gasteiger partial charge in [-0.1, -0.05) is 0 Å². The molecule has 0 spiro atoms. The lowest BCUT2D eigenvalue weighted by Crippen LogP contribution is -2.42. The number of ketones is 1. The third kappa shape index (κ3) is 3.17. The second-order valence-electron chi connectivity index (χ2n) is 7.44. The van der Waals surface area contributed by atoms with E-state index >= 15 is 0 Å². The molecule has 1 atom stereocenters. The lowest BCUT2D eigenvalue weighted by Gasteiger charge is -2.37. The van der Waals surface area contributed by atoms with E-state index in [1.807, 2.05) is 18.3 Å². The minimum atomic E-state index is -1.05. The van der Waals surface area contributed by atoms with Crippen molar-refractivity contribution in [2.75, 3.05) is 24.5 Å². The molecule has 1 aromatic rings. The Labute approximate surface area is 156 Å². The number of aliphatic imine (C=N–C) groups is 1. The average molecular weight is 404 g/mol. The predicted molar refractivity (Wildman–Crippen MR) is 101 cm³/mol. The highest BCUT2D eigenvalue weighted by Gasteiger charge is 2.43. The van der Waals surface area contributed by atoms with Crippen molar-refractivity contribution >= 4 is 33.2 Å². The first-order valence-electron chi connectivity index (χ1n) is 8.82. The van der Waals surface area contributed by atoms with Gasteiger partial charge in [0.15, 0.2) is 0 Å². The summed E-state index contributed by atoms with van der Waals surface area (Å²) in [6, 6.07) is 4.05. The van der Waals surface area contributed by atoms with Gasteiger partial charge in [-0.2, -0.15) is 0 Å². The summed E-state index contributed by atoms with van der Waals surface area (Å²) in [4.78, 5) is 23.4. The first-order valence-corrected chi connectivity index (χ1v) is 9.61. The number of halogens is 1. The molecule has 1 N–H and O–H groups in total. The van der Waals surface area contributed by atoms with Crippen LogP contribution in [0.25, 0.3) is 0 Å². The SMILES string of the molecule is CC1(O)CC(=O)CC2=C1C(C1CCN(c3ccc(Br)cn3)CC1)=NC2. The van der Waals surface area contributed by atoms with E-state index in [-0.39, 0.29) is 12.2 Å². The Morgan fingerprint density at radius 1 is 1.32 bits per heavy atom. The van der Waals surface area contributed by atoms with Gasteiger partial charge in [-0.3, -0.25) is 9.79 Å². The van der Waals surface area contributed by atoms with Crippen LogP contribution < -0.4 is 4.90 Å². The topological polar surface area (TPSA) is 65.8 Å². The van der Waals surface area contributed by atoms with Crippen LogP contribution in [0.4, 0.5) is 5.82 Å². The van der Waals surface area contributed by atoms with Crippen LogP contribution in [0.3, 0.4) is 0 Å². The van der Waals surface area contributed by atoms with Gasteiger partial charge in [-0.25, -0.2) is 4.98 Å². The monoisotopic (exact) mass is 403 g/mol. The molecule has 0 aromatic carbocycles. The molecule has 1 saturated heterocycles. The number of aliphatic hydroxyl groups is 1. The number of piperidine rings is 1. The fraction of sp³-hybridized carbons (Fsp3) is 0.526. The zero-order valence-corrected chi connectivity index (χ0v) is 15.9. The summed E-state index contributed by atoms with van der Waals surface area (Å²) in [5.41, 5.74) is 2.00. The summed E-state index contributed by atoms with van der Waals surface area (Å²) in [6.45, 7) is 4.21. The summed E-state index contributed by atoms with van der Waals surface area (Å²) < 4.78 is 0.986. The van der Waals surface area contributed by atoms with Crippen molar-refractivity contribution in [3.63, 3.8) is 0 Å². The standard InChI is InChI=1S/C19H22BrN3O2/c1-19(25)9-15(24)8-13-10-22-18(17(13)19)12-4-6-23(7-5-12)16-3-2-14(20)11-21-16/h2-3,11-12,25H,4-10H2,1H3. The fourth-order valence-corrected chi connectivity index (χ4v) is 4.60. The summed E-state index contributed by atoms with van der Waals surface area (Å²) in [5.74, 6) is 1.49. The molecular weight excluding hydrogens is 382 g/mol. The van der Waals surface area contributed by atoms with E-state index in [1.165, 1.54) is 0 Å². The molecule has 1 aromatic heterocycles. The average Bonchev–Trinajstić information content (AvgIpc) is 3.00. The maximum absolute atomic E-state index is 11.9. The summed E-state index contributed by atoms with van der Waals surface area (Å²) >= 11 is 3.42. The van der Waals surface area contributed by atoms with Crippen LogP contribution in [0, 0.1) is 5.92 Å². The van der Waals surface area contributed by atoms with Crippen molar-refractivity contribution < 1.29 is 9.90 Å². The Morgan fingerprint density at radius 2 is 2.08 bits per heavy atom. The number of pyridine rings is 1. The summed E-state index contributed by atoms with van der Waals surface area (Å²) in [5, 5.41) is 10.8. The van der Waals surface area contributed by atoms with E-state index in [9.17, 15) is 9.90 Å². The molecule has 3 heterocycles. The Bertz CT molecular complexity index is 759. The Balaban J connectivity index is 1.48. The number of Topliss-reactive ketones (excluding diaryl/α,β-unsaturated/α-hetero) is 1. The van der Waals surface area contributed by atoms with E-state index in [0.717, 1.165) is 53.1 Å². The molecular formula is C19H22BrN3O2. The number of hydrogen-bond acceptors (Lipinski definition) is 5. The second kappa shape index (κ2) is 6.32. The van der Waals surface area contributed by atoms with Crippen molar-refractivity contribution in [3.05, 3.63) is 33.9 Å². The number of nitrogens with zero attached hydrogens (tertiary/aromatic N) is 3. The van der Waals surface area contributed by atoms with E-state index < -0.39 is 5.60 Å². The molecule has 3 aliphatic rings. The maximum atomic E-state index is 11.9. The number of carbonyl (C=O) groups excluding carboxylic acids is 1. The van der Waals surface area contributed by atoms with Crippen LogP contribution in [-0.4, -0.2) is 46.8 Å². The Kier molecular flexibility index (Phi) is 4.28. The molecule has 6 heteroatoms. The quantitative estimate of drug-likeness (QED) is 0.823. The van der Waals surface area contributed by atoms with Gasteiger partial charge in [-0.05, 0) is 53.4 Å². The number of anilines is 1. The Morgan fingerprint density at radius 3 is 2.76 bits per heavy atom. The van der Waals surface area contributed by atoms with Gasteiger partial charge in [-0.15, -0.1) is 0 Å². The van der Waals surface area contributed by atoms with Gasteiger partial charge in [0.1, 0.15) is 11.6 Å². The smallest absolute Gasteiger partial charge is 0.140 e. The molecule has 0 bridgehead atoms. The second-order valence-corrected chi connectivity index (χ2v) is 8.36. The lowest BCUT2D eigenvalue weighted by atomic mass is 9.74. The number of aromatic nitrogens is 1. The van der Waals surface area contributed by atoms with Crippen LogP contribution in [0.5, 0.6) is 0 Å². The highest BCUT2D eigenvalue weighted by atomic mass is 79.9. The van der Waals surface area contributed by atoms with Crippen LogP contribution in [-0.2, 0) is 4.79 Å². The highest BCUT2D eigenvalue weighted by molar-refractivity contribution is 9.10. The Hall–Kier alpha value is -1.53. The van der Waals surface area contributed by atoms with Crippen molar-refractivity contribution in [1.82, 2.24) is 4.98 Å². The van der Waals surface area contributed by atoms with Crippen LogP contribution >= 0.6 is 15.9 Å². The molecule has 0 radical (unpaired) electrons. The van der Waals surface area contributed by atoms with Crippen molar-refractivity contribution in [1.29, 1.82) is 0 Å². The largest absolute Gasteiger partial charge is 0.385 e. The molecule has 5 nitrogen and oxygen atoms in total. The molecule has 1 unspecified atom stereocenters. The van der Waals surface area contributed by atoms with Gasteiger partial charge in [0, 0.05) is 53.8 Å². The summed E-state index contributed by atoms with van der Waals surface area (Å²) in [6.07, 6.45) is 4.50. The van der Waals surface area contributed by atoms with Gasteiger partial charge in [0.25, 0.3) is 0 Å². The minimum absolute atomic E-state index is 0.122. The first kappa shape index (κ1) is 16.9.